The molecule has 0 aromatic heterocycles. The summed E-state index contributed by atoms with van der Waals surface area (Å²) < 4.78 is 10.9. The van der Waals surface area contributed by atoms with Gasteiger partial charge >= 0.3 is 0 Å². The van der Waals surface area contributed by atoms with E-state index >= 15 is 0 Å². The molecule has 0 spiro atoms. The Morgan fingerprint density at radius 1 is 1.64 bits per heavy atom. The molecule has 0 bridgehead atoms. The molecule has 0 aromatic rings. The average molecular weight is 157 g/mol. The standard InChI is InChI=1S/C9H17O2/c1-3-5-9-8(10-2)6-4-7-11-9/h8-9H,1,3-7H2,2H3. The fourth-order valence-corrected chi connectivity index (χ4v) is 1.55. The third-order valence-corrected chi connectivity index (χ3v) is 2.17. The molecule has 2 atom stereocenters. The Hall–Kier alpha value is -0.0800. The second kappa shape index (κ2) is 4.73. The normalized spacial score (nSPS) is 32.2. The van der Waals surface area contributed by atoms with E-state index in [0.29, 0.717) is 12.2 Å². The van der Waals surface area contributed by atoms with E-state index in [0.717, 1.165) is 32.3 Å². The van der Waals surface area contributed by atoms with Crippen LogP contribution in [-0.2, 0) is 9.47 Å². The molecule has 1 saturated heterocycles. The predicted octanol–water partition coefficient (Wildman–Crippen LogP) is 1.79. The molecule has 0 N–H and O–H groups in total. The van der Waals surface area contributed by atoms with Gasteiger partial charge in [0.05, 0.1) is 12.2 Å². The van der Waals surface area contributed by atoms with Gasteiger partial charge in [0.1, 0.15) is 0 Å². The molecule has 65 valence electrons. The molecule has 1 fully saturated rings. The summed E-state index contributed by atoms with van der Waals surface area (Å²) in [7, 11) is 1.76. The maximum atomic E-state index is 5.56. The molecule has 0 saturated carbocycles. The number of hydrogen-bond donors (Lipinski definition) is 0. The topological polar surface area (TPSA) is 18.5 Å². The van der Waals surface area contributed by atoms with Crippen LogP contribution in [0.2, 0.25) is 0 Å². The largest absolute Gasteiger partial charge is 0.379 e. The van der Waals surface area contributed by atoms with Crippen molar-refractivity contribution >= 4 is 0 Å². The highest BCUT2D eigenvalue weighted by molar-refractivity contribution is 4.74. The number of methoxy groups -OCH3 is 1. The van der Waals surface area contributed by atoms with Crippen LogP contribution < -0.4 is 0 Å². The lowest BCUT2D eigenvalue weighted by Crippen LogP contribution is -2.35. The van der Waals surface area contributed by atoms with Gasteiger partial charge in [-0.05, 0) is 19.3 Å². The first-order valence-electron chi connectivity index (χ1n) is 4.32. The summed E-state index contributed by atoms with van der Waals surface area (Å²) in [6.45, 7) is 4.71. The smallest absolute Gasteiger partial charge is 0.0836 e. The first-order valence-corrected chi connectivity index (χ1v) is 4.32. The minimum Gasteiger partial charge on any atom is -0.379 e. The van der Waals surface area contributed by atoms with Crippen LogP contribution in [0.3, 0.4) is 0 Å². The number of rotatable bonds is 3. The van der Waals surface area contributed by atoms with E-state index in [2.05, 4.69) is 6.92 Å². The fourth-order valence-electron chi connectivity index (χ4n) is 1.55. The van der Waals surface area contributed by atoms with Crippen LogP contribution in [-0.4, -0.2) is 25.9 Å². The molecular weight excluding hydrogens is 140 g/mol. The zero-order valence-corrected chi connectivity index (χ0v) is 7.21. The first-order chi connectivity index (χ1) is 5.38. The zero-order chi connectivity index (χ0) is 8.10. The maximum absolute atomic E-state index is 5.56. The third kappa shape index (κ3) is 2.46. The van der Waals surface area contributed by atoms with E-state index < -0.39 is 0 Å². The van der Waals surface area contributed by atoms with E-state index in [4.69, 9.17) is 9.47 Å². The van der Waals surface area contributed by atoms with Crippen molar-refractivity contribution in [2.24, 2.45) is 0 Å². The van der Waals surface area contributed by atoms with E-state index in [1.54, 1.807) is 7.11 Å². The minimum atomic E-state index is 0.297. The Kier molecular flexibility index (Phi) is 3.87. The van der Waals surface area contributed by atoms with Crippen molar-refractivity contribution in [3.63, 3.8) is 0 Å². The summed E-state index contributed by atoms with van der Waals surface area (Å²) >= 11 is 0. The van der Waals surface area contributed by atoms with Crippen LogP contribution in [0.25, 0.3) is 0 Å². The van der Waals surface area contributed by atoms with Crippen LogP contribution in [0.1, 0.15) is 25.7 Å². The molecule has 2 unspecified atom stereocenters. The van der Waals surface area contributed by atoms with E-state index in [9.17, 15) is 0 Å². The SMILES string of the molecule is [CH2]CCC1OCCCC1OC. The van der Waals surface area contributed by atoms with Crippen LogP contribution in [0.4, 0.5) is 0 Å². The maximum Gasteiger partial charge on any atom is 0.0836 e. The van der Waals surface area contributed by atoms with Crippen LogP contribution in [0, 0.1) is 6.92 Å². The van der Waals surface area contributed by atoms with Crippen molar-refractivity contribution in [2.75, 3.05) is 13.7 Å². The Labute approximate surface area is 68.9 Å². The Balaban J connectivity index is 2.31. The molecule has 0 amide bonds. The lowest BCUT2D eigenvalue weighted by molar-refractivity contribution is -0.0928. The Bertz CT molecular complexity index is 102. The van der Waals surface area contributed by atoms with Crippen molar-refractivity contribution in [1.29, 1.82) is 0 Å². The van der Waals surface area contributed by atoms with Gasteiger partial charge in [-0.25, -0.2) is 0 Å². The van der Waals surface area contributed by atoms with Crippen LogP contribution in [0.5, 0.6) is 0 Å². The molecule has 1 aliphatic rings. The first kappa shape index (κ1) is 9.01. The summed E-state index contributed by atoms with van der Waals surface area (Å²) in [6, 6.07) is 0. The summed E-state index contributed by atoms with van der Waals surface area (Å²) in [5, 5.41) is 0. The lowest BCUT2D eigenvalue weighted by Gasteiger charge is -2.30. The van der Waals surface area contributed by atoms with Gasteiger partial charge in [0.25, 0.3) is 0 Å². The van der Waals surface area contributed by atoms with E-state index in [1.807, 2.05) is 0 Å². The van der Waals surface area contributed by atoms with Gasteiger partial charge in [-0.15, -0.1) is 0 Å². The molecule has 1 radical (unpaired) electrons. The van der Waals surface area contributed by atoms with Crippen molar-refractivity contribution in [2.45, 2.75) is 37.9 Å². The molecule has 0 aliphatic carbocycles. The fraction of sp³-hybridized carbons (Fsp3) is 0.889. The predicted molar refractivity (Wildman–Crippen MR) is 44.4 cm³/mol. The average Bonchev–Trinajstić information content (AvgIpc) is 2.06. The second-order valence-corrected chi connectivity index (χ2v) is 2.97. The third-order valence-electron chi connectivity index (χ3n) is 2.17. The second-order valence-electron chi connectivity index (χ2n) is 2.97. The zero-order valence-electron chi connectivity index (χ0n) is 7.21. The van der Waals surface area contributed by atoms with E-state index in [-0.39, 0.29) is 0 Å². The van der Waals surface area contributed by atoms with Crippen molar-refractivity contribution in [3.05, 3.63) is 6.92 Å². The highest BCUT2D eigenvalue weighted by atomic mass is 16.5. The summed E-state index contributed by atoms with van der Waals surface area (Å²) in [4.78, 5) is 0. The van der Waals surface area contributed by atoms with Gasteiger partial charge in [0.2, 0.25) is 0 Å². The van der Waals surface area contributed by atoms with Crippen LogP contribution in [0.15, 0.2) is 0 Å². The lowest BCUT2D eigenvalue weighted by atomic mass is 10.0. The quantitative estimate of drug-likeness (QED) is 0.622. The number of hydrogen-bond acceptors (Lipinski definition) is 2. The highest BCUT2D eigenvalue weighted by Crippen LogP contribution is 2.19. The van der Waals surface area contributed by atoms with Crippen molar-refractivity contribution in [3.8, 4) is 0 Å². The summed E-state index contributed by atoms with van der Waals surface area (Å²) in [6.07, 6.45) is 4.84. The summed E-state index contributed by atoms with van der Waals surface area (Å²) in [5.74, 6) is 0. The Morgan fingerprint density at radius 2 is 2.45 bits per heavy atom. The van der Waals surface area contributed by atoms with Gasteiger partial charge in [-0.2, -0.15) is 0 Å². The summed E-state index contributed by atoms with van der Waals surface area (Å²) in [5.41, 5.74) is 0. The van der Waals surface area contributed by atoms with E-state index in [1.165, 1.54) is 0 Å². The number of ether oxygens (including phenoxy) is 2. The molecule has 2 nitrogen and oxygen atoms in total. The minimum absolute atomic E-state index is 0.297. The van der Waals surface area contributed by atoms with Crippen molar-refractivity contribution < 1.29 is 9.47 Å². The monoisotopic (exact) mass is 157 g/mol. The van der Waals surface area contributed by atoms with Gasteiger partial charge < -0.3 is 9.47 Å². The van der Waals surface area contributed by atoms with Crippen LogP contribution >= 0.6 is 0 Å². The van der Waals surface area contributed by atoms with Gasteiger partial charge in [0, 0.05) is 13.7 Å². The van der Waals surface area contributed by atoms with Crippen molar-refractivity contribution in [1.82, 2.24) is 0 Å². The Morgan fingerprint density at radius 3 is 3.09 bits per heavy atom. The molecule has 0 aromatic carbocycles. The molecular formula is C9H17O2. The molecule has 11 heavy (non-hydrogen) atoms. The molecule has 1 rings (SSSR count). The highest BCUT2D eigenvalue weighted by Gasteiger charge is 2.24. The molecule has 2 heteroatoms. The van der Waals surface area contributed by atoms with Gasteiger partial charge in [-0.3, -0.25) is 0 Å². The molecule has 1 heterocycles. The van der Waals surface area contributed by atoms with Gasteiger partial charge in [0.15, 0.2) is 0 Å². The molecule has 1 aliphatic heterocycles. The van der Waals surface area contributed by atoms with Gasteiger partial charge in [-0.1, -0.05) is 13.3 Å².